The molecule has 0 aliphatic carbocycles. The Hall–Kier alpha value is -1.51. The molecule has 2 N–H and O–H groups in total. The van der Waals surface area contributed by atoms with E-state index in [4.69, 9.17) is 15.0 Å². The second-order valence-corrected chi connectivity index (χ2v) is 1.89. The lowest BCUT2D eigenvalue weighted by Gasteiger charge is -1.92. The molecule has 0 spiro atoms. The summed E-state index contributed by atoms with van der Waals surface area (Å²) in [6.07, 6.45) is 0. The first kappa shape index (κ1) is 9.49. The number of hydrogen-bond acceptors (Lipinski definition) is 2. The second kappa shape index (κ2) is 5.29. The van der Waals surface area contributed by atoms with Gasteiger partial charge in [-0.15, -0.1) is 0 Å². The van der Waals surface area contributed by atoms with E-state index >= 15 is 0 Å². The van der Waals surface area contributed by atoms with Crippen molar-refractivity contribution in [1.29, 1.82) is 0 Å². The summed E-state index contributed by atoms with van der Waals surface area (Å²) in [5, 5.41) is 15.8. The predicted octanol–water partition coefficient (Wildman–Crippen LogP) is 1.40. The van der Waals surface area contributed by atoms with Gasteiger partial charge in [0.05, 0.1) is 0 Å². The van der Waals surface area contributed by atoms with Crippen LogP contribution in [0, 0.1) is 6.92 Å². The molecule has 0 atom stereocenters. The molecule has 0 fully saturated rings. The monoisotopic (exact) mass is 154 g/mol. The van der Waals surface area contributed by atoms with E-state index in [9.17, 15) is 0 Å². The van der Waals surface area contributed by atoms with Crippen LogP contribution in [-0.4, -0.2) is 16.7 Å². The number of hydrogen-bond donors (Lipinski definition) is 2. The summed E-state index contributed by atoms with van der Waals surface area (Å²) in [6, 6.07) is 7.25. The van der Waals surface area contributed by atoms with Crippen LogP contribution < -0.4 is 0 Å². The van der Waals surface area contributed by atoms with Crippen molar-refractivity contribution in [3.63, 3.8) is 0 Å². The third kappa shape index (κ3) is 3.97. The number of carbonyl (C=O) groups is 1. The van der Waals surface area contributed by atoms with Gasteiger partial charge < -0.3 is 10.2 Å². The molecule has 0 unspecified atom stereocenters. The molecule has 0 bridgehead atoms. The molecule has 1 aromatic rings. The molecule has 11 heavy (non-hydrogen) atoms. The molecular weight excluding hydrogens is 144 g/mol. The molecule has 0 radical (unpaired) electrons. The second-order valence-electron chi connectivity index (χ2n) is 1.89. The summed E-state index contributed by atoms with van der Waals surface area (Å²) in [4.78, 5) is 8.36. The zero-order valence-electron chi connectivity index (χ0n) is 6.19. The third-order valence-electron chi connectivity index (χ3n) is 1.12. The van der Waals surface area contributed by atoms with E-state index in [1.54, 1.807) is 6.07 Å². The van der Waals surface area contributed by atoms with E-state index in [2.05, 4.69) is 0 Å². The number of benzene rings is 1. The van der Waals surface area contributed by atoms with Crippen LogP contribution in [0.15, 0.2) is 24.3 Å². The quantitative estimate of drug-likeness (QED) is 0.555. The molecule has 3 nitrogen and oxygen atoms in total. The predicted molar refractivity (Wildman–Crippen MR) is 41.5 cm³/mol. The van der Waals surface area contributed by atoms with Crippen molar-refractivity contribution in [2.24, 2.45) is 0 Å². The Kier molecular flexibility index (Phi) is 4.56. The molecule has 0 aliphatic rings. The molecule has 1 rings (SSSR count). The topological polar surface area (TPSA) is 57.5 Å². The molecule has 0 heterocycles. The van der Waals surface area contributed by atoms with Crippen molar-refractivity contribution >= 4 is 6.47 Å². The first-order chi connectivity index (χ1) is 5.22. The van der Waals surface area contributed by atoms with Crippen molar-refractivity contribution in [3.05, 3.63) is 29.8 Å². The average Bonchev–Trinajstić information content (AvgIpc) is 1.97. The van der Waals surface area contributed by atoms with Crippen molar-refractivity contribution in [1.82, 2.24) is 0 Å². The van der Waals surface area contributed by atoms with E-state index in [0.717, 1.165) is 5.56 Å². The number of phenols is 1. The first-order valence-corrected chi connectivity index (χ1v) is 3.04. The summed E-state index contributed by atoms with van der Waals surface area (Å²) >= 11 is 0. The summed E-state index contributed by atoms with van der Waals surface area (Å²) in [5.41, 5.74) is 0.924. The first-order valence-electron chi connectivity index (χ1n) is 3.04. The van der Waals surface area contributed by atoms with Gasteiger partial charge in [-0.05, 0) is 18.6 Å². The fourth-order valence-corrected chi connectivity index (χ4v) is 0.563. The maximum absolute atomic E-state index is 8.92. The SMILES string of the molecule is Cc1ccccc1O.O=CO. The smallest absolute Gasteiger partial charge is 0.290 e. The van der Waals surface area contributed by atoms with Crippen LogP contribution in [-0.2, 0) is 4.79 Å². The largest absolute Gasteiger partial charge is 0.508 e. The van der Waals surface area contributed by atoms with Gasteiger partial charge in [-0.3, -0.25) is 4.79 Å². The highest BCUT2D eigenvalue weighted by molar-refractivity contribution is 5.32. The number of carboxylic acid groups (broad SMARTS) is 1. The highest BCUT2D eigenvalue weighted by Crippen LogP contribution is 2.12. The molecule has 0 amide bonds. The van der Waals surface area contributed by atoms with Crippen molar-refractivity contribution < 1.29 is 15.0 Å². The van der Waals surface area contributed by atoms with Crippen LogP contribution in [0.3, 0.4) is 0 Å². The van der Waals surface area contributed by atoms with E-state index in [1.807, 2.05) is 25.1 Å². The van der Waals surface area contributed by atoms with E-state index in [0.29, 0.717) is 5.75 Å². The molecule has 0 aromatic heterocycles. The fourth-order valence-electron chi connectivity index (χ4n) is 0.563. The number of aromatic hydroxyl groups is 1. The van der Waals surface area contributed by atoms with E-state index in [1.165, 1.54) is 0 Å². The molecule has 0 saturated carbocycles. The van der Waals surface area contributed by atoms with Crippen LogP contribution in [0.1, 0.15) is 5.56 Å². The van der Waals surface area contributed by atoms with E-state index in [-0.39, 0.29) is 6.47 Å². The van der Waals surface area contributed by atoms with Crippen molar-refractivity contribution in [2.75, 3.05) is 0 Å². The average molecular weight is 154 g/mol. The van der Waals surface area contributed by atoms with Gasteiger partial charge in [0.2, 0.25) is 0 Å². The zero-order chi connectivity index (χ0) is 8.69. The highest BCUT2D eigenvalue weighted by Gasteiger charge is 1.86. The standard InChI is InChI=1S/C7H8O.CH2O2/c1-6-4-2-3-5-7(6)8;2-1-3/h2-5,8H,1H3;1H,(H,2,3). The van der Waals surface area contributed by atoms with E-state index < -0.39 is 0 Å². The Balaban J connectivity index is 0.000000292. The summed E-state index contributed by atoms with van der Waals surface area (Å²) in [6.45, 7) is 1.62. The third-order valence-corrected chi connectivity index (χ3v) is 1.12. The van der Waals surface area contributed by atoms with Gasteiger partial charge in [0.15, 0.2) is 0 Å². The maximum atomic E-state index is 8.92. The van der Waals surface area contributed by atoms with Gasteiger partial charge in [-0.1, -0.05) is 18.2 Å². The number of para-hydroxylation sites is 1. The summed E-state index contributed by atoms with van der Waals surface area (Å²) < 4.78 is 0. The lowest BCUT2D eigenvalue weighted by atomic mass is 10.2. The lowest BCUT2D eigenvalue weighted by Crippen LogP contribution is -1.68. The minimum absolute atomic E-state index is 0.250. The Morgan fingerprint density at radius 1 is 1.36 bits per heavy atom. The molecule has 0 aliphatic heterocycles. The number of phenolic OH excluding ortho intramolecular Hbond substituents is 1. The summed E-state index contributed by atoms with van der Waals surface area (Å²) in [5.74, 6) is 0.368. The fraction of sp³-hybridized carbons (Fsp3) is 0.125. The Morgan fingerprint density at radius 2 is 1.82 bits per heavy atom. The number of rotatable bonds is 0. The van der Waals surface area contributed by atoms with Gasteiger partial charge in [0.1, 0.15) is 5.75 Å². The van der Waals surface area contributed by atoms with Crippen molar-refractivity contribution in [2.45, 2.75) is 6.92 Å². The van der Waals surface area contributed by atoms with Crippen molar-refractivity contribution in [3.8, 4) is 5.75 Å². The van der Waals surface area contributed by atoms with Gasteiger partial charge in [0.25, 0.3) is 6.47 Å². The molecule has 0 saturated heterocycles. The van der Waals surface area contributed by atoms with Gasteiger partial charge in [0, 0.05) is 0 Å². The van der Waals surface area contributed by atoms with Crippen LogP contribution in [0.2, 0.25) is 0 Å². The van der Waals surface area contributed by atoms with Crippen LogP contribution >= 0.6 is 0 Å². The Morgan fingerprint density at radius 3 is 2.09 bits per heavy atom. The maximum Gasteiger partial charge on any atom is 0.290 e. The Labute approximate surface area is 64.9 Å². The lowest BCUT2D eigenvalue weighted by molar-refractivity contribution is -0.122. The van der Waals surface area contributed by atoms with Gasteiger partial charge in [-0.25, -0.2) is 0 Å². The number of aryl methyl sites for hydroxylation is 1. The van der Waals surface area contributed by atoms with Gasteiger partial charge >= 0.3 is 0 Å². The normalized spacial score (nSPS) is 7.73. The minimum atomic E-state index is -0.250. The highest BCUT2D eigenvalue weighted by atomic mass is 16.3. The zero-order valence-corrected chi connectivity index (χ0v) is 6.19. The molecule has 1 aromatic carbocycles. The van der Waals surface area contributed by atoms with Crippen LogP contribution in [0.25, 0.3) is 0 Å². The molecule has 60 valence electrons. The van der Waals surface area contributed by atoms with Gasteiger partial charge in [-0.2, -0.15) is 0 Å². The van der Waals surface area contributed by atoms with Crippen LogP contribution in [0.5, 0.6) is 5.75 Å². The Bertz CT molecular complexity index is 199. The van der Waals surface area contributed by atoms with Crippen LogP contribution in [0.4, 0.5) is 0 Å². The molecular formula is C8H10O3. The minimum Gasteiger partial charge on any atom is -0.508 e. The summed E-state index contributed by atoms with van der Waals surface area (Å²) in [7, 11) is 0. The molecule has 3 heteroatoms.